The van der Waals surface area contributed by atoms with Gasteiger partial charge in [-0.05, 0) is 17.5 Å². The van der Waals surface area contributed by atoms with Crippen LogP contribution in [0, 0.1) is 0 Å². The molecular weight excluding hydrogens is 232 g/mol. The molecule has 0 bridgehead atoms. The lowest BCUT2D eigenvalue weighted by atomic mass is 9.95. The van der Waals surface area contributed by atoms with Gasteiger partial charge < -0.3 is 20.8 Å². The predicted octanol–water partition coefficient (Wildman–Crippen LogP) is -0.830. The Morgan fingerprint density at radius 3 is 2.89 bits per heavy atom. The van der Waals surface area contributed by atoms with Gasteiger partial charge in [0, 0.05) is 13.1 Å². The molecular formula is C13H18N2O3. The van der Waals surface area contributed by atoms with Crippen molar-refractivity contribution >= 4 is 5.91 Å². The highest BCUT2D eigenvalue weighted by Gasteiger charge is 2.23. The van der Waals surface area contributed by atoms with Crippen molar-refractivity contribution in [2.45, 2.75) is 25.1 Å². The number of carbonyl (C=O) groups is 1. The number of benzene rings is 1. The van der Waals surface area contributed by atoms with E-state index in [1.165, 1.54) is 11.1 Å². The Labute approximate surface area is 106 Å². The van der Waals surface area contributed by atoms with Crippen LogP contribution in [0.1, 0.15) is 11.1 Å². The van der Waals surface area contributed by atoms with Gasteiger partial charge in [0.2, 0.25) is 5.91 Å². The van der Waals surface area contributed by atoms with E-state index in [-0.39, 0.29) is 25.1 Å². The first-order valence-corrected chi connectivity index (χ1v) is 6.07. The zero-order valence-corrected chi connectivity index (χ0v) is 10.1. The molecule has 2 rings (SSSR count). The molecule has 1 amide bonds. The van der Waals surface area contributed by atoms with Crippen LogP contribution >= 0.6 is 0 Å². The number of rotatable bonds is 4. The summed E-state index contributed by atoms with van der Waals surface area (Å²) in [6.07, 6.45) is -0.248. The van der Waals surface area contributed by atoms with E-state index in [9.17, 15) is 9.90 Å². The first kappa shape index (κ1) is 13.0. The molecule has 5 nitrogen and oxygen atoms in total. The van der Waals surface area contributed by atoms with Crippen LogP contribution < -0.4 is 10.6 Å². The van der Waals surface area contributed by atoms with E-state index >= 15 is 0 Å². The van der Waals surface area contributed by atoms with Gasteiger partial charge in [-0.2, -0.15) is 0 Å². The third-order valence-corrected chi connectivity index (χ3v) is 3.12. The van der Waals surface area contributed by atoms with Crippen LogP contribution in [0.5, 0.6) is 0 Å². The number of amides is 1. The summed E-state index contributed by atoms with van der Waals surface area (Å²) >= 11 is 0. The Morgan fingerprint density at radius 2 is 2.17 bits per heavy atom. The summed E-state index contributed by atoms with van der Waals surface area (Å²) in [7, 11) is 0. The van der Waals surface area contributed by atoms with E-state index in [0.29, 0.717) is 13.0 Å². The molecule has 0 aliphatic carbocycles. The molecule has 1 aliphatic rings. The van der Waals surface area contributed by atoms with Gasteiger partial charge >= 0.3 is 0 Å². The maximum Gasteiger partial charge on any atom is 0.237 e. The fourth-order valence-electron chi connectivity index (χ4n) is 2.05. The second-order valence-corrected chi connectivity index (χ2v) is 4.49. The van der Waals surface area contributed by atoms with Gasteiger partial charge in [0.05, 0.1) is 18.8 Å². The normalized spacial score (nSPS) is 20.0. The van der Waals surface area contributed by atoms with E-state index < -0.39 is 6.10 Å². The van der Waals surface area contributed by atoms with Gasteiger partial charge in [-0.25, -0.2) is 0 Å². The van der Waals surface area contributed by atoms with Crippen LogP contribution in [0.2, 0.25) is 0 Å². The smallest absolute Gasteiger partial charge is 0.237 e. The number of carbonyl (C=O) groups excluding carboxylic acids is 1. The van der Waals surface area contributed by atoms with Crippen LogP contribution in [-0.4, -0.2) is 41.4 Å². The molecule has 1 aliphatic heterocycles. The predicted molar refractivity (Wildman–Crippen MR) is 66.9 cm³/mol. The topological polar surface area (TPSA) is 81.6 Å². The highest BCUT2D eigenvalue weighted by Crippen LogP contribution is 2.16. The second-order valence-electron chi connectivity index (χ2n) is 4.49. The van der Waals surface area contributed by atoms with Crippen molar-refractivity contribution < 1.29 is 15.0 Å². The molecule has 4 N–H and O–H groups in total. The summed E-state index contributed by atoms with van der Waals surface area (Å²) in [6, 6.07) is 7.75. The summed E-state index contributed by atoms with van der Waals surface area (Å²) in [4.78, 5) is 11.9. The minimum atomic E-state index is -0.898. The lowest BCUT2D eigenvalue weighted by Crippen LogP contribution is -2.49. The number of fused-ring (bicyclic) bond motifs is 1. The van der Waals surface area contributed by atoms with Gasteiger partial charge in [-0.3, -0.25) is 4.79 Å². The molecule has 0 fully saturated rings. The van der Waals surface area contributed by atoms with Crippen molar-refractivity contribution in [1.82, 2.24) is 10.6 Å². The van der Waals surface area contributed by atoms with E-state index in [0.717, 1.165) is 0 Å². The number of hydrogen-bond acceptors (Lipinski definition) is 4. The Hall–Kier alpha value is -1.43. The Balaban J connectivity index is 1.90. The van der Waals surface area contributed by atoms with Crippen LogP contribution in [0.4, 0.5) is 0 Å². The lowest BCUT2D eigenvalue weighted by molar-refractivity contribution is -0.123. The van der Waals surface area contributed by atoms with Crippen LogP contribution in [0.15, 0.2) is 24.3 Å². The third-order valence-electron chi connectivity index (χ3n) is 3.12. The van der Waals surface area contributed by atoms with Crippen molar-refractivity contribution in [3.05, 3.63) is 35.4 Å². The molecule has 1 unspecified atom stereocenters. The maximum atomic E-state index is 11.9. The summed E-state index contributed by atoms with van der Waals surface area (Å²) in [5.41, 5.74) is 2.40. The lowest BCUT2D eigenvalue weighted by Gasteiger charge is -2.25. The number of aliphatic hydroxyl groups excluding tert-OH is 2. The summed E-state index contributed by atoms with van der Waals surface area (Å²) < 4.78 is 0. The van der Waals surface area contributed by atoms with Gasteiger partial charge in [0.1, 0.15) is 0 Å². The summed E-state index contributed by atoms with van der Waals surface area (Å²) in [5, 5.41) is 23.6. The molecule has 98 valence electrons. The molecule has 1 aromatic carbocycles. The first-order chi connectivity index (χ1) is 8.70. The Morgan fingerprint density at radius 1 is 1.44 bits per heavy atom. The Kier molecular flexibility index (Phi) is 4.30. The monoisotopic (exact) mass is 250 g/mol. The standard InChI is InChI=1S/C13H18N2O3/c16-8-11(17)7-15-13(18)12-5-9-3-1-2-4-10(9)6-14-12/h1-4,11-12,14,16-17H,5-8H2,(H,15,18)/t11?,12-/m0/s1. The largest absolute Gasteiger partial charge is 0.394 e. The molecule has 5 heteroatoms. The van der Waals surface area contributed by atoms with Crippen molar-refractivity contribution in [2.24, 2.45) is 0 Å². The van der Waals surface area contributed by atoms with Crippen LogP contribution in [0.3, 0.4) is 0 Å². The molecule has 0 aromatic heterocycles. The van der Waals surface area contributed by atoms with Crippen LogP contribution in [0.25, 0.3) is 0 Å². The van der Waals surface area contributed by atoms with Crippen molar-refractivity contribution in [3.8, 4) is 0 Å². The second kappa shape index (κ2) is 5.95. The van der Waals surface area contributed by atoms with Gasteiger partial charge in [-0.15, -0.1) is 0 Å². The Bertz CT molecular complexity index is 422. The van der Waals surface area contributed by atoms with E-state index in [1.807, 2.05) is 24.3 Å². The summed E-state index contributed by atoms with van der Waals surface area (Å²) in [5.74, 6) is -0.142. The minimum absolute atomic E-state index is 0.0785. The van der Waals surface area contributed by atoms with Crippen LogP contribution in [-0.2, 0) is 17.8 Å². The van der Waals surface area contributed by atoms with E-state index in [4.69, 9.17) is 5.11 Å². The molecule has 0 saturated heterocycles. The van der Waals surface area contributed by atoms with Gasteiger partial charge in [0.15, 0.2) is 0 Å². The molecule has 1 heterocycles. The zero-order valence-electron chi connectivity index (χ0n) is 10.1. The highest BCUT2D eigenvalue weighted by molar-refractivity contribution is 5.82. The molecule has 1 aromatic rings. The quantitative estimate of drug-likeness (QED) is 0.562. The van der Waals surface area contributed by atoms with E-state index in [1.54, 1.807) is 0 Å². The first-order valence-electron chi connectivity index (χ1n) is 6.07. The molecule has 18 heavy (non-hydrogen) atoms. The highest BCUT2D eigenvalue weighted by atomic mass is 16.3. The van der Waals surface area contributed by atoms with Gasteiger partial charge in [0.25, 0.3) is 0 Å². The SMILES string of the molecule is O=C(NCC(O)CO)[C@@H]1Cc2ccccc2CN1. The van der Waals surface area contributed by atoms with Crippen molar-refractivity contribution in [2.75, 3.05) is 13.2 Å². The molecule has 0 saturated carbocycles. The maximum absolute atomic E-state index is 11.9. The number of aliphatic hydroxyl groups is 2. The zero-order chi connectivity index (χ0) is 13.0. The fraction of sp³-hybridized carbons (Fsp3) is 0.462. The molecule has 0 radical (unpaired) electrons. The molecule has 2 atom stereocenters. The molecule has 0 spiro atoms. The average Bonchev–Trinajstić information content (AvgIpc) is 2.43. The number of nitrogens with one attached hydrogen (secondary N) is 2. The minimum Gasteiger partial charge on any atom is -0.394 e. The summed E-state index contributed by atoms with van der Waals surface area (Å²) in [6.45, 7) is 0.410. The third kappa shape index (κ3) is 3.07. The van der Waals surface area contributed by atoms with Gasteiger partial charge in [-0.1, -0.05) is 24.3 Å². The average molecular weight is 250 g/mol. The number of hydrogen-bond donors (Lipinski definition) is 4. The fourth-order valence-corrected chi connectivity index (χ4v) is 2.05. The van der Waals surface area contributed by atoms with E-state index in [2.05, 4.69) is 10.6 Å². The van der Waals surface area contributed by atoms with Crippen molar-refractivity contribution in [1.29, 1.82) is 0 Å². The van der Waals surface area contributed by atoms with Crippen molar-refractivity contribution in [3.63, 3.8) is 0 Å².